The second-order valence-electron chi connectivity index (χ2n) is 3.10. The number of thiazole rings is 1. The summed E-state index contributed by atoms with van der Waals surface area (Å²) in [6.07, 6.45) is 1.04. The van der Waals surface area contributed by atoms with Crippen molar-refractivity contribution in [2.75, 3.05) is 5.32 Å². The standard InChI is InChI=1S/C10H11ClN2S2/c1-2-7(8-4-3-5-14-8)12-10-13-9(11)6-15-10/h3-7H,2H2,1H3,(H,12,13). The van der Waals surface area contributed by atoms with Gasteiger partial charge in [-0.1, -0.05) is 24.6 Å². The highest BCUT2D eigenvalue weighted by atomic mass is 35.5. The zero-order chi connectivity index (χ0) is 10.7. The van der Waals surface area contributed by atoms with Gasteiger partial charge < -0.3 is 5.32 Å². The Balaban J connectivity index is 2.09. The fourth-order valence-electron chi connectivity index (χ4n) is 1.33. The third-order valence-electron chi connectivity index (χ3n) is 2.07. The second kappa shape index (κ2) is 4.96. The van der Waals surface area contributed by atoms with E-state index in [1.165, 1.54) is 4.88 Å². The van der Waals surface area contributed by atoms with E-state index < -0.39 is 0 Å². The molecule has 0 radical (unpaired) electrons. The Hall–Kier alpha value is -0.580. The van der Waals surface area contributed by atoms with Crippen LogP contribution in [0.2, 0.25) is 5.15 Å². The maximum atomic E-state index is 5.77. The zero-order valence-corrected chi connectivity index (χ0v) is 10.6. The van der Waals surface area contributed by atoms with Crippen molar-refractivity contribution in [3.05, 3.63) is 32.9 Å². The average Bonchev–Trinajstić information content (AvgIpc) is 2.85. The maximum absolute atomic E-state index is 5.77. The number of hydrogen-bond acceptors (Lipinski definition) is 4. The summed E-state index contributed by atoms with van der Waals surface area (Å²) in [6, 6.07) is 4.55. The van der Waals surface area contributed by atoms with Gasteiger partial charge >= 0.3 is 0 Å². The molecular formula is C10H11ClN2S2. The number of rotatable bonds is 4. The van der Waals surface area contributed by atoms with Gasteiger partial charge in [0.1, 0.15) is 5.15 Å². The van der Waals surface area contributed by atoms with Crippen LogP contribution in [0.4, 0.5) is 5.13 Å². The molecule has 2 aromatic rings. The first-order valence-electron chi connectivity index (χ1n) is 4.70. The van der Waals surface area contributed by atoms with Gasteiger partial charge in [0.05, 0.1) is 6.04 Å². The van der Waals surface area contributed by atoms with Crippen LogP contribution in [0.3, 0.4) is 0 Å². The topological polar surface area (TPSA) is 24.9 Å². The number of nitrogens with zero attached hydrogens (tertiary/aromatic N) is 1. The summed E-state index contributed by atoms with van der Waals surface area (Å²) in [6.45, 7) is 2.16. The molecule has 0 aliphatic rings. The van der Waals surface area contributed by atoms with Crippen LogP contribution >= 0.6 is 34.3 Å². The van der Waals surface area contributed by atoms with Crippen molar-refractivity contribution in [2.45, 2.75) is 19.4 Å². The Morgan fingerprint density at radius 3 is 2.93 bits per heavy atom. The molecule has 1 atom stereocenters. The minimum absolute atomic E-state index is 0.340. The second-order valence-corrected chi connectivity index (χ2v) is 5.32. The minimum Gasteiger partial charge on any atom is -0.354 e. The van der Waals surface area contributed by atoms with Crippen LogP contribution < -0.4 is 5.32 Å². The van der Waals surface area contributed by atoms with Crippen molar-refractivity contribution < 1.29 is 0 Å². The molecule has 0 saturated heterocycles. The van der Waals surface area contributed by atoms with Crippen LogP contribution in [0, 0.1) is 0 Å². The molecule has 15 heavy (non-hydrogen) atoms. The highest BCUT2D eigenvalue weighted by Gasteiger charge is 2.11. The van der Waals surface area contributed by atoms with Gasteiger partial charge in [0, 0.05) is 10.3 Å². The van der Waals surface area contributed by atoms with Gasteiger partial charge in [-0.05, 0) is 17.9 Å². The summed E-state index contributed by atoms with van der Waals surface area (Å²) in [5.74, 6) is 0. The molecule has 0 amide bonds. The predicted molar refractivity (Wildman–Crippen MR) is 68.1 cm³/mol. The smallest absolute Gasteiger partial charge is 0.184 e. The number of anilines is 1. The lowest BCUT2D eigenvalue weighted by atomic mass is 10.2. The molecule has 0 bridgehead atoms. The molecule has 0 aliphatic heterocycles. The summed E-state index contributed by atoms with van der Waals surface area (Å²) >= 11 is 9.08. The van der Waals surface area contributed by atoms with Crippen LogP contribution in [0.25, 0.3) is 0 Å². The van der Waals surface area contributed by atoms with Crippen molar-refractivity contribution >= 4 is 39.4 Å². The van der Waals surface area contributed by atoms with Crippen LogP contribution in [0.5, 0.6) is 0 Å². The molecule has 2 heterocycles. The van der Waals surface area contributed by atoms with Crippen molar-refractivity contribution in [1.29, 1.82) is 0 Å². The largest absolute Gasteiger partial charge is 0.354 e. The van der Waals surface area contributed by atoms with E-state index in [0.29, 0.717) is 11.2 Å². The Kier molecular flexibility index (Phi) is 3.61. The van der Waals surface area contributed by atoms with Crippen molar-refractivity contribution in [3.8, 4) is 0 Å². The fourth-order valence-corrected chi connectivity index (χ4v) is 3.09. The summed E-state index contributed by atoms with van der Waals surface area (Å²) in [5, 5.41) is 8.76. The van der Waals surface area contributed by atoms with Crippen LogP contribution in [0.15, 0.2) is 22.9 Å². The minimum atomic E-state index is 0.340. The van der Waals surface area contributed by atoms with E-state index in [1.54, 1.807) is 22.7 Å². The molecule has 1 unspecified atom stereocenters. The van der Waals surface area contributed by atoms with E-state index in [0.717, 1.165) is 11.6 Å². The molecule has 5 heteroatoms. The molecular weight excluding hydrogens is 248 g/mol. The molecule has 0 saturated carbocycles. The summed E-state index contributed by atoms with van der Waals surface area (Å²) in [4.78, 5) is 5.52. The lowest BCUT2D eigenvalue weighted by molar-refractivity contribution is 0.762. The first-order chi connectivity index (χ1) is 7.29. The van der Waals surface area contributed by atoms with E-state index in [-0.39, 0.29) is 0 Å². The van der Waals surface area contributed by atoms with Gasteiger partial charge in [-0.2, -0.15) is 0 Å². The Bertz CT molecular complexity index is 411. The van der Waals surface area contributed by atoms with Crippen LogP contribution in [0.1, 0.15) is 24.3 Å². The lowest BCUT2D eigenvalue weighted by Gasteiger charge is -2.13. The highest BCUT2D eigenvalue weighted by molar-refractivity contribution is 7.14. The van der Waals surface area contributed by atoms with E-state index in [2.05, 4.69) is 34.7 Å². The third kappa shape index (κ3) is 2.71. The third-order valence-corrected chi connectivity index (χ3v) is 4.15. The summed E-state index contributed by atoms with van der Waals surface area (Å²) in [5.41, 5.74) is 0. The first kappa shape index (κ1) is 10.9. The first-order valence-corrected chi connectivity index (χ1v) is 6.84. The zero-order valence-electron chi connectivity index (χ0n) is 8.24. The molecule has 0 aliphatic carbocycles. The highest BCUT2D eigenvalue weighted by Crippen LogP contribution is 2.28. The molecule has 80 valence electrons. The molecule has 0 spiro atoms. The summed E-state index contributed by atoms with van der Waals surface area (Å²) < 4.78 is 0. The van der Waals surface area contributed by atoms with Gasteiger partial charge in [-0.3, -0.25) is 0 Å². The molecule has 2 aromatic heterocycles. The van der Waals surface area contributed by atoms with Crippen LogP contribution in [-0.4, -0.2) is 4.98 Å². The van der Waals surface area contributed by atoms with E-state index in [1.807, 2.05) is 5.38 Å². The van der Waals surface area contributed by atoms with Gasteiger partial charge in [-0.25, -0.2) is 4.98 Å². The Morgan fingerprint density at radius 1 is 1.53 bits per heavy atom. The number of thiophene rings is 1. The van der Waals surface area contributed by atoms with Crippen LogP contribution in [-0.2, 0) is 0 Å². The molecule has 2 nitrogen and oxygen atoms in total. The van der Waals surface area contributed by atoms with E-state index in [4.69, 9.17) is 11.6 Å². The number of halogens is 1. The van der Waals surface area contributed by atoms with E-state index in [9.17, 15) is 0 Å². The molecule has 2 rings (SSSR count). The molecule has 0 aromatic carbocycles. The number of hydrogen-bond donors (Lipinski definition) is 1. The summed E-state index contributed by atoms with van der Waals surface area (Å²) in [7, 11) is 0. The fraction of sp³-hybridized carbons (Fsp3) is 0.300. The average molecular weight is 259 g/mol. The monoisotopic (exact) mass is 258 g/mol. The quantitative estimate of drug-likeness (QED) is 0.878. The van der Waals surface area contributed by atoms with Crippen molar-refractivity contribution in [1.82, 2.24) is 4.98 Å². The van der Waals surface area contributed by atoms with Crippen molar-refractivity contribution in [3.63, 3.8) is 0 Å². The van der Waals surface area contributed by atoms with Crippen molar-refractivity contribution in [2.24, 2.45) is 0 Å². The lowest BCUT2D eigenvalue weighted by Crippen LogP contribution is -2.07. The van der Waals surface area contributed by atoms with Gasteiger partial charge in [0.2, 0.25) is 0 Å². The number of aromatic nitrogens is 1. The predicted octanol–water partition coefficient (Wildman–Crippen LogP) is 4.42. The van der Waals surface area contributed by atoms with E-state index >= 15 is 0 Å². The van der Waals surface area contributed by atoms with Gasteiger partial charge in [0.15, 0.2) is 5.13 Å². The SMILES string of the molecule is CCC(Nc1nc(Cl)cs1)c1cccs1. The normalized spacial score (nSPS) is 12.7. The van der Waals surface area contributed by atoms with Gasteiger partial charge in [0.25, 0.3) is 0 Å². The molecule has 0 fully saturated rings. The Labute approximate surface area is 102 Å². The Morgan fingerprint density at radius 2 is 2.40 bits per heavy atom. The van der Waals surface area contributed by atoms with Gasteiger partial charge in [-0.15, -0.1) is 22.7 Å². The number of nitrogens with one attached hydrogen (secondary N) is 1. The molecule has 1 N–H and O–H groups in total. The maximum Gasteiger partial charge on any atom is 0.184 e.